The van der Waals surface area contributed by atoms with E-state index in [1.165, 1.54) is 60.2 Å². The Morgan fingerprint density at radius 3 is 2.61 bits per heavy atom. The van der Waals surface area contributed by atoms with Gasteiger partial charge in [0.05, 0.1) is 0 Å². The second-order valence-electron chi connectivity index (χ2n) is 11.6. The molecule has 6 rings (SSSR count). The second kappa shape index (κ2) is 9.52. The summed E-state index contributed by atoms with van der Waals surface area (Å²) >= 11 is 0. The summed E-state index contributed by atoms with van der Waals surface area (Å²) in [6, 6.07) is 26.1. The maximum absolute atomic E-state index is 13.2. The molecule has 186 valence electrons. The van der Waals surface area contributed by atoms with Gasteiger partial charge in [0.15, 0.2) is 0 Å². The Morgan fingerprint density at radius 1 is 1.03 bits per heavy atom. The van der Waals surface area contributed by atoms with E-state index in [2.05, 4.69) is 84.7 Å². The van der Waals surface area contributed by atoms with E-state index in [1.807, 2.05) is 12.1 Å². The van der Waals surface area contributed by atoms with E-state index in [4.69, 9.17) is 0 Å². The molecule has 3 aromatic rings. The van der Waals surface area contributed by atoms with Crippen molar-refractivity contribution in [2.24, 2.45) is 11.8 Å². The fourth-order valence-electron chi connectivity index (χ4n) is 6.76. The Morgan fingerprint density at radius 2 is 1.81 bits per heavy atom. The summed E-state index contributed by atoms with van der Waals surface area (Å²) in [5.41, 5.74) is 7.55. The fraction of sp³-hybridized carbons (Fsp3) is 0.424. The van der Waals surface area contributed by atoms with E-state index in [1.54, 1.807) is 0 Å². The monoisotopic (exact) mass is 478 g/mol. The number of fused-ring (bicyclic) bond motifs is 4. The molecule has 0 unspecified atom stereocenters. The largest absolute Gasteiger partial charge is 0.352 e. The number of benzene rings is 3. The molecule has 3 aliphatic rings. The number of carbonyl (C=O) groups is 1. The van der Waals surface area contributed by atoms with Gasteiger partial charge in [-0.2, -0.15) is 0 Å². The number of hydrogen-bond acceptors (Lipinski definition) is 2. The van der Waals surface area contributed by atoms with Crippen LogP contribution in [0.1, 0.15) is 60.2 Å². The van der Waals surface area contributed by atoms with Gasteiger partial charge in [0.2, 0.25) is 0 Å². The Bertz CT molecular complexity index is 1250. The van der Waals surface area contributed by atoms with Crippen LogP contribution < -0.4 is 5.32 Å². The highest BCUT2D eigenvalue weighted by molar-refractivity contribution is 5.94. The van der Waals surface area contributed by atoms with Gasteiger partial charge >= 0.3 is 0 Å². The summed E-state index contributed by atoms with van der Waals surface area (Å²) in [4.78, 5) is 16.0. The summed E-state index contributed by atoms with van der Waals surface area (Å²) in [5.74, 6) is 1.60. The van der Waals surface area contributed by atoms with Gasteiger partial charge in [-0.3, -0.25) is 9.69 Å². The number of likely N-dealkylation sites (tertiary alicyclic amines) is 1. The Hall–Kier alpha value is -2.91. The molecule has 1 N–H and O–H groups in total. The van der Waals surface area contributed by atoms with Crippen molar-refractivity contribution in [1.82, 2.24) is 10.2 Å². The zero-order valence-electron chi connectivity index (χ0n) is 21.7. The molecule has 0 radical (unpaired) electrons. The second-order valence-corrected chi connectivity index (χ2v) is 11.6. The van der Waals surface area contributed by atoms with Gasteiger partial charge in [-0.25, -0.2) is 0 Å². The fourth-order valence-corrected chi connectivity index (χ4v) is 6.76. The quantitative estimate of drug-likeness (QED) is 0.435. The van der Waals surface area contributed by atoms with Crippen LogP contribution in [-0.2, 0) is 18.3 Å². The molecule has 3 nitrogen and oxygen atoms in total. The lowest BCUT2D eigenvalue weighted by Gasteiger charge is -2.55. The first-order chi connectivity index (χ1) is 17.5. The van der Waals surface area contributed by atoms with Crippen LogP contribution in [0.4, 0.5) is 0 Å². The van der Waals surface area contributed by atoms with Crippen LogP contribution in [0.3, 0.4) is 0 Å². The first kappa shape index (κ1) is 23.5. The number of piperidine rings is 1. The summed E-state index contributed by atoms with van der Waals surface area (Å²) in [6.07, 6.45) is 5.96. The third-order valence-electron chi connectivity index (χ3n) is 9.36. The van der Waals surface area contributed by atoms with Crippen molar-refractivity contribution in [2.45, 2.75) is 57.4 Å². The Balaban J connectivity index is 1.15. The molecule has 1 amide bonds. The van der Waals surface area contributed by atoms with Gasteiger partial charge in [-0.05, 0) is 95.8 Å². The van der Waals surface area contributed by atoms with E-state index in [-0.39, 0.29) is 11.3 Å². The molecule has 3 heteroatoms. The van der Waals surface area contributed by atoms with Crippen molar-refractivity contribution >= 4 is 5.91 Å². The molecule has 2 bridgehead atoms. The minimum atomic E-state index is 0.0412. The SMILES string of the molecule is C[C@@H]1[C@H]2Cc3ccc(C(=O)NCCc4ccccc4-c4ccccc4)cc3[C@]1(C)CCN2CC1CC1. The van der Waals surface area contributed by atoms with Crippen LogP contribution in [0.25, 0.3) is 11.1 Å². The van der Waals surface area contributed by atoms with Crippen molar-refractivity contribution < 1.29 is 4.79 Å². The lowest BCUT2D eigenvalue weighted by Crippen LogP contribution is -2.58. The number of nitrogens with one attached hydrogen (secondary N) is 1. The highest BCUT2D eigenvalue weighted by Crippen LogP contribution is 2.49. The molecular weight excluding hydrogens is 440 g/mol. The van der Waals surface area contributed by atoms with Gasteiger partial charge in [-0.15, -0.1) is 0 Å². The third kappa shape index (κ3) is 4.39. The molecule has 3 aromatic carbocycles. The summed E-state index contributed by atoms with van der Waals surface area (Å²) in [5, 5.41) is 3.20. The molecule has 3 atom stereocenters. The number of amides is 1. The van der Waals surface area contributed by atoms with Crippen molar-refractivity contribution in [1.29, 1.82) is 0 Å². The predicted molar refractivity (Wildman–Crippen MR) is 147 cm³/mol. The highest BCUT2D eigenvalue weighted by Gasteiger charge is 2.49. The van der Waals surface area contributed by atoms with Crippen LogP contribution in [0.2, 0.25) is 0 Å². The topological polar surface area (TPSA) is 32.3 Å². The van der Waals surface area contributed by atoms with E-state index in [9.17, 15) is 4.79 Å². The molecule has 0 spiro atoms. The average molecular weight is 479 g/mol. The molecule has 1 aliphatic heterocycles. The molecule has 0 aromatic heterocycles. The summed E-state index contributed by atoms with van der Waals surface area (Å²) in [6.45, 7) is 8.00. The van der Waals surface area contributed by atoms with Crippen molar-refractivity contribution in [3.63, 3.8) is 0 Å². The van der Waals surface area contributed by atoms with Gasteiger partial charge in [0.25, 0.3) is 5.91 Å². The van der Waals surface area contributed by atoms with Crippen LogP contribution in [0, 0.1) is 11.8 Å². The summed E-state index contributed by atoms with van der Waals surface area (Å²) < 4.78 is 0. The normalized spacial score (nSPS) is 25.3. The maximum Gasteiger partial charge on any atom is 0.251 e. The molecule has 2 fully saturated rings. The molecule has 1 heterocycles. The zero-order valence-corrected chi connectivity index (χ0v) is 21.7. The first-order valence-corrected chi connectivity index (χ1v) is 13.8. The van der Waals surface area contributed by atoms with Crippen LogP contribution in [0.5, 0.6) is 0 Å². The van der Waals surface area contributed by atoms with Crippen LogP contribution >= 0.6 is 0 Å². The van der Waals surface area contributed by atoms with Gasteiger partial charge in [0.1, 0.15) is 0 Å². The minimum absolute atomic E-state index is 0.0412. The highest BCUT2D eigenvalue weighted by atomic mass is 16.1. The lowest BCUT2D eigenvalue weighted by atomic mass is 9.59. The number of hydrogen-bond donors (Lipinski definition) is 1. The number of carbonyl (C=O) groups excluding carboxylic acids is 1. The third-order valence-corrected chi connectivity index (χ3v) is 9.36. The Labute approximate surface area is 215 Å². The van der Waals surface area contributed by atoms with Crippen LogP contribution in [-0.4, -0.2) is 36.5 Å². The maximum atomic E-state index is 13.2. The van der Waals surface area contributed by atoms with Crippen molar-refractivity contribution in [3.05, 3.63) is 95.1 Å². The molecule has 1 saturated heterocycles. The van der Waals surface area contributed by atoms with E-state index in [0.717, 1.165) is 24.3 Å². The summed E-state index contributed by atoms with van der Waals surface area (Å²) in [7, 11) is 0. The Kier molecular flexibility index (Phi) is 6.21. The minimum Gasteiger partial charge on any atom is -0.352 e. The standard InChI is InChI=1S/C33H38N2O/c1-23-31-21-27-14-15-28(20-30(27)33(23,2)17-19-35(31)22-24-12-13-24)32(36)34-18-16-26-10-6-7-11-29(26)25-8-4-3-5-9-25/h3-11,14-15,20,23-24,31H,12-13,16-19,21-22H2,1-2H3,(H,34,36)/t23-,31-,33-/m1/s1. The number of nitrogens with zero attached hydrogens (tertiary/aromatic N) is 1. The predicted octanol–water partition coefficient (Wildman–Crippen LogP) is 6.26. The van der Waals surface area contributed by atoms with Crippen molar-refractivity contribution in [2.75, 3.05) is 19.6 Å². The lowest BCUT2D eigenvalue weighted by molar-refractivity contribution is 0.0284. The average Bonchev–Trinajstić information content (AvgIpc) is 3.73. The zero-order chi connectivity index (χ0) is 24.7. The number of rotatable bonds is 7. The van der Waals surface area contributed by atoms with Crippen molar-refractivity contribution in [3.8, 4) is 11.1 Å². The molecular formula is C33H38N2O. The molecule has 36 heavy (non-hydrogen) atoms. The van der Waals surface area contributed by atoms with E-state index >= 15 is 0 Å². The first-order valence-electron chi connectivity index (χ1n) is 13.8. The molecule has 1 saturated carbocycles. The van der Waals surface area contributed by atoms with Gasteiger partial charge < -0.3 is 5.32 Å². The van der Waals surface area contributed by atoms with Gasteiger partial charge in [0, 0.05) is 24.7 Å². The van der Waals surface area contributed by atoms with Gasteiger partial charge in [-0.1, -0.05) is 74.5 Å². The smallest absolute Gasteiger partial charge is 0.251 e. The molecule has 2 aliphatic carbocycles. The van der Waals surface area contributed by atoms with Crippen LogP contribution in [0.15, 0.2) is 72.8 Å². The van der Waals surface area contributed by atoms with E-state index < -0.39 is 0 Å². The van der Waals surface area contributed by atoms with E-state index in [0.29, 0.717) is 18.5 Å².